The Bertz CT molecular complexity index is 569. The van der Waals surface area contributed by atoms with Crippen LogP contribution in [0.2, 0.25) is 0 Å². The SMILES string of the molecule is CNC(Cc1nc(C(C)(C)C)cs1)c1cccnc1C. The van der Waals surface area contributed by atoms with Crippen LogP contribution in [-0.2, 0) is 11.8 Å². The van der Waals surface area contributed by atoms with Gasteiger partial charge in [-0.15, -0.1) is 11.3 Å². The third-order valence-electron chi connectivity index (χ3n) is 3.47. The fourth-order valence-electron chi connectivity index (χ4n) is 2.16. The lowest BCUT2D eigenvalue weighted by atomic mass is 9.93. The number of rotatable bonds is 4. The van der Waals surface area contributed by atoms with Gasteiger partial charge in [0, 0.05) is 35.1 Å². The summed E-state index contributed by atoms with van der Waals surface area (Å²) in [6, 6.07) is 4.40. The molecular weight excluding hydrogens is 266 g/mol. The fourth-order valence-corrected chi connectivity index (χ4v) is 3.22. The first kappa shape index (κ1) is 15.1. The van der Waals surface area contributed by atoms with Crippen molar-refractivity contribution in [1.29, 1.82) is 0 Å². The summed E-state index contributed by atoms with van der Waals surface area (Å²) >= 11 is 1.75. The van der Waals surface area contributed by atoms with Crippen molar-refractivity contribution in [2.75, 3.05) is 7.05 Å². The van der Waals surface area contributed by atoms with E-state index in [0.717, 1.165) is 12.1 Å². The van der Waals surface area contributed by atoms with Gasteiger partial charge in [-0.05, 0) is 25.6 Å². The van der Waals surface area contributed by atoms with Crippen molar-refractivity contribution in [1.82, 2.24) is 15.3 Å². The molecule has 20 heavy (non-hydrogen) atoms. The van der Waals surface area contributed by atoms with Gasteiger partial charge >= 0.3 is 0 Å². The van der Waals surface area contributed by atoms with Crippen molar-refractivity contribution in [2.24, 2.45) is 0 Å². The van der Waals surface area contributed by atoms with E-state index in [2.05, 4.69) is 49.4 Å². The molecule has 0 fully saturated rings. The van der Waals surface area contributed by atoms with Gasteiger partial charge in [0.25, 0.3) is 0 Å². The number of aromatic nitrogens is 2. The Balaban J connectivity index is 2.19. The highest BCUT2D eigenvalue weighted by Gasteiger charge is 2.20. The molecule has 0 spiro atoms. The van der Waals surface area contributed by atoms with Gasteiger partial charge in [0.05, 0.1) is 10.7 Å². The zero-order valence-electron chi connectivity index (χ0n) is 12.9. The molecule has 3 nitrogen and oxygen atoms in total. The first-order valence-electron chi connectivity index (χ1n) is 6.95. The third kappa shape index (κ3) is 3.44. The summed E-state index contributed by atoms with van der Waals surface area (Å²) in [5.41, 5.74) is 3.63. The smallest absolute Gasteiger partial charge is 0.0947 e. The Labute approximate surface area is 125 Å². The number of aryl methyl sites for hydroxylation is 1. The Kier molecular flexibility index (Phi) is 4.55. The van der Waals surface area contributed by atoms with Gasteiger partial charge in [-0.3, -0.25) is 4.98 Å². The summed E-state index contributed by atoms with van der Waals surface area (Å²) in [6.45, 7) is 8.66. The van der Waals surface area contributed by atoms with Gasteiger partial charge in [-0.25, -0.2) is 4.98 Å². The van der Waals surface area contributed by atoms with Crippen LogP contribution < -0.4 is 5.32 Å². The van der Waals surface area contributed by atoms with Crippen molar-refractivity contribution in [2.45, 2.75) is 45.6 Å². The van der Waals surface area contributed by atoms with E-state index in [4.69, 9.17) is 4.98 Å². The monoisotopic (exact) mass is 289 g/mol. The molecule has 4 heteroatoms. The Morgan fingerprint density at radius 1 is 1.35 bits per heavy atom. The Morgan fingerprint density at radius 2 is 2.10 bits per heavy atom. The number of pyridine rings is 1. The van der Waals surface area contributed by atoms with Crippen LogP contribution in [0.25, 0.3) is 0 Å². The molecule has 0 radical (unpaired) electrons. The zero-order valence-corrected chi connectivity index (χ0v) is 13.7. The van der Waals surface area contributed by atoms with Gasteiger partial charge in [-0.2, -0.15) is 0 Å². The van der Waals surface area contributed by atoms with Gasteiger partial charge in [0.15, 0.2) is 0 Å². The first-order valence-corrected chi connectivity index (χ1v) is 7.83. The molecule has 0 saturated carbocycles. The summed E-state index contributed by atoms with van der Waals surface area (Å²) in [5, 5.41) is 6.74. The third-order valence-corrected chi connectivity index (χ3v) is 4.34. The maximum absolute atomic E-state index is 4.78. The molecule has 0 aliphatic carbocycles. The van der Waals surface area contributed by atoms with E-state index >= 15 is 0 Å². The molecule has 2 aromatic rings. The number of hydrogen-bond acceptors (Lipinski definition) is 4. The predicted octanol–water partition coefficient (Wildman–Crippen LogP) is 3.65. The highest BCUT2D eigenvalue weighted by Crippen LogP contribution is 2.27. The molecule has 0 saturated heterocycles. The fraction of sp³-hybridized carbons (Fsp3) is 0.500. The molecule has 1 atom stereocenters. The lowest BCUT2D eigenvalue weighted by Crippen LogP contribution is -2.20. The van der Waals surface area contributed by atoms with Crippen molar-refractivity contribution >= 4 is 11.3 Å². The summed E-state index contributed by atoms with van der Waals surface area (Å²) < 4.78 is 0. The highest BCUT2D eigenvalue weighted by molar-refractivity contribution is 7.09. The molecular formula is C16H23N3S. The molecule has 0 aromatic carbocycles. The molecule has 0 aliphatic heterocycles. The second-order valence-electron chi connectivity index (χ2n) is 6.10. The predicted molar refractivity (Wildman–Crippen MR) is 85.3 cm³/mol. The van der Waals surface area contributed by atoms with Crippen molar-refractivity contribution < 1.29 is 0 Å². The van der Waals surface area contributed by atoms with E-state index in [1.54, 1.807) is 11.3 Å². The van der Waals surface area contributed by atoms with Crippen LogP contribution in [-0.4, -0.2) is 17.0 Å². The Hall–Kier alpha value is -1.26. The van der Waals surface area contributed by atoms with Gasteiger partial charge in [0.2, 0.25) is 0 Å². The number of nitrogens with zero attached hydrogens (tertiary/aromatic N) is 2. The van der Waals surface area contributed by atoms with Crippen LogP contribution in [0.4, 0.5) is 0 Å². The van der Waals surface area contributed by atoms with Gasteiger partial charge in [0.1, 0.15) is 0 Å². The van der Waals surface area contributed by atoms with E-state index in [0.29, 0.717) is 0 Å². The van der Waals surface area contributed by atoms with Gasteiger partial charge in [-0.1, -0.05) is 26.8 Å². The highest BCUT2D eigenvalue weighted by atomic mass is 32.1. The average molecular weight is 289 g/mol. The molecule has 0 amide bonds. The number of thiazole rings is 1. The minimum atomic E-state index is 0.119. The van der Waals surface area contributed by atoms with E-state index in [-0.39, 0.29) is 11.5 Å². The lowest BCUT2D eigenvalue weighted by Gasteiger charge is -2.17. The maximum Gasteiger partial charge on any atom is 0.0947 e. The minimum absolute atomic E-state index is 0.119. The molecule has 108 valence electrons. The van der Waals surface area contributed by atoms with E-state index in [1.165, 1.54) is 16.3 Å². The largest absolute Gasteiger partial charge is 0.313 e. The maximum atomic E-state index is 4.78. The van der Waals surface area contributed by atoms with Crippen molar-refractivity contribution in [3.8, 4) is 0 Å². The minimum Gasteiger partial charge on any atom is -0.313 e. The quantitative estimate of drug-likeness (QED) is 0.933. The number of nitrogens with one attached hydrogen (secondary N) is 1. The summed E-state index contributed by atoms with van der Waals surface area (Å²) in [6.07, 6.45) is 2.75. The summed E-state index contributed by atoms with van der Waals surface area (Å²) in [5.74, 6) is 0. The normalized spacial score (nSPS) is 13.4. The van der Waals surface area contributed by atoms with Crippen LogP contribution in [0.3, 0.4) is 0 Å². The van der Waals surface area contributed by atoms with E-state index < -0.39 is 0 Å². The van der Waals surface area contributed by atoms with E-state index in [1.807, 2.05) is 19.3 Å². The van der Waals surface area contributed by atoms with Crippen LogP contribution in [0.5, 0.6) is 0 Å². The lowest BCUT2D eigenvalue weighted by molar-refractivity contribution is 0.558. The number of likely N-dealkylation sites (N-methyl/N-ethyl adjacent to an activating group) is 1. The van der Waals surface area contributed by atoms with Crippen LogP contribution in [0.1, 0.15) is 48.8 Å². The standard InChI is InChI=1S/C16H23N3S/c1-11-12(7-6-8-18-11)13(17-5)9-15-19-14(10-20-15)16(2,3)4/h6-8,10,13,17H,9H2,1-5H3. The summed E-state index contributed by atoms with van der Waals surface area (Å²) in [7, 11) is 2.00. The second-order valence-corrected chi connectivity index (χ2v) is 7.04. The number of hydrogen-bond donors (Lipinski definition) is 1. The second kappa shape index (κ2) is 6.02. The summed E-state index contributed by atoms with van der Waals surface area (Å²) in [4.78, 5) is 9.16. The molecule has 2 aromatic heterocycles. The molecule has 2 heterocycles. The van der Waals surface area contributed by atoms with Crippen LogP contribution in [0.15, 0.2) is 23.7 Å². The van der Waals surface area contributed by atoms with Crippen LogP contribution >= 0.6 is 11.3 Å². The molecule has 2 rings (SSSR count). The van der Waals surface area contributed by atoms with Crippen molar-refractivity contribution in [3.05, 3.63) is 45.7 Å². The van der Waals surface area contributed by atoms with E-state index in [9.17, 15) is 0 Å². The van der Waals surface area contributed by atoms with Gasteiger partial charge < -0.3 is 5.32 Å². The zero-order chi connectivity index (χ0) is 14.8. The Morgan fingerprint density at radius 3 is 2.65 bits per heavy atom. The average Bonchev–Trinajstić information content (AvgIpc) is 2.85. The van der Waals surface area contributed by atoms with Crippen LogP contribution in [0, 0.1) is 6.92 Å². The molecule has 0 bridgehead atoms. The molecule has 1 N–H and O–H groups in total. The topological polar surface area (TPSA) is 37.8 Å². The molecule has 0 aliphatic rings. The van der Waals surface area contributed by atoms with Crippen molar-refractivity contribution in [3.63, 3.8) is 0 Å². The first-order chi connectivity index (χ1) is 9.41. The molecule has 1 unspecified atom stereocenters.